The van der Waals surface area contributed by atoms with E-state index in [0.29, 0.717) is 24.1 Å². The Morgan fingerprint density at radius 1 is 1.13 bits per heavy atom. The zero-order valence-electron chi connectivity index (χ0n) is 12.9. The summed E-state index contributed by atoms with van der Waals surface area (Å²) in [5.74, 6) is -0.472. The van der Waals surface area contributed by atoms with Crippen LogP contribution in [-0.2, 0) is 17.8 Å². The molecule has 0 atom stereocenters. The van der Waals surface area contributed by atoms with E-state index in [1.807, 2.05) is 37.3 Å². The Morgan fingerprint density at radius 3 is 2.65 bits per heavy atom. The molecule has 2 aromatic carbocycles. The van der Waals surface area contributed by atoms with Crippen molar-refractivity contribution in [3.05, 3.63) is 69.7 Å². The first-order valence-corrected chi connectivity index (χ1v) is 7.54. The van der Waals surface area contributed by atoms with Crippen LogP contribution in [0.4, 0.5) is 0 Å². The van der Waals surface area contributed by atoms with Gasteiger partial charge in [-0.2, -0.15) is 0 Å². The molecule has 0 saturated heterocycles. The molecule has 23 heavy (non-hydrogen) atoms. The van der Waals surface area contributed by atoms with Gasteiger partial charge in [0.15, 0.2) is 5.58 Å². The Bertz CT molecular complexity index is 875. The molecular formula is C18H18N2O3. The van der Waals surface area contributed by atoms with Crippen LogP contribution in [-0.4, -0.2) is 10.9 Å². The van der Waals surface area contributed by atoms with Crippen LogP contribution in [0, 0.1) is 6.92 Å². The average molecular weight is 310 g/mol. The van der Waals surface area contributed by atoms with E-state index in [1.54, 1.807) is 12.1 Å². The summed E-state index contributed by atoms with van der Waals surface area (Å²) in [5.41, 5.74) is 4.42. The van der Waals surface area contributed by atoms with Crippen LogP contribution in [0.1, 0.15) is 23.1 Å². The summed E-state index contributed by atoms with van der Waals surface area (Å²) in [4.78, 5) is 25.6. The van der Waals surface area contributed by atoms with E-state index < -0.39 is 5.76 Å². The maximum Gasteiger partial charge on any atom is 0.417 e. The second-order valence-corrected chi connectivity index (χ2v) is 5.61. The van der Waals surface area contributed by atoms with E-state index in [0.717, 1.165) is 17.5 Å². The summed E-state index contributed by atoms with van der Waals surface area (Å²) in [7, 11) is 0. The number of benzene rings is 2. The van der Waals surface area contributed by atoms with Crippen molar-refractivity contribution >= 4 is 17.0 Å². The van der Waals surface area contributed by atoms with Crippen molar-refractivity contribution in [2.75, 3.05) is 0 Å². The van der Waals surface area contributed by atoms with Gasteiger partial charge in [0.1, 0.15) is 0 Å². The van der Waals surface area contributed by atoms with Crippen molar-refractivity contribution in [2.24, 2.45) is 0 Å². The first kappa shape index (κ1) is 15.1. The lowest BCUT2D eigenvalue weighted by Gasteiger charge is -2.06. The van der Waals surface area contributed by atoms with Gasteiger partial charge in [-0.05, 0) is 36.6 Å². The molecule has 3 rings (SSSR count). The molecule has 0 spiro atoms. The minimum absolute atomic E-state index is 0.00110. The van der Waals surface area contributed by atoms with Crippen molar-refractivity contribution in [1.29, 1.82) is 0 Å². The molecule has 0 radical (unpaired) electrons. The third kappa shape index (κ3) is 3.88. The van der Waals surface area contributed by atoms with Gasteiger partial charge in [0.2, 0.25) is 5.91 Å². The number of amides is 1. The Balaban J connectivity index is 1.53. The van der Waals surface area contributed by atoms with Crippen molar-refractivity contribution < 1.29 is 9.21 Å². The van der Waals surface area contributed by atoms with Crippen LogP contribution >= 0.6 is 0 Å². The van der Waals surface area contributed by atoms with Gasteiger partial charge >= 0.3 is 5.76 Å². The van der Waals surface area contributed by atoms with Crippen LogP contribution in [0.2, 0.25) is 0 Å². The van der Waals surface area contributed by atoms with Crippen LogP contribution in [0.15, 0.2) is 51.7 Å². The number of nitrogens with one attached hydrogen (secondary N) is 2. The fourth-order valence-corrected chi connectivity index (χ4v) is 2.40. The minimum Gasteiger partial charge on any atom is -0.408 e. The van der Waals surface area contributed by atoms with Crippen molar-refractivity contribution in [3.63, 3.8) is 0 Å². The van der Waals surface area contributed by atoms with E-state index in [2.05, 4.69) is 10.3 Å². The van der Waals surface area contributed by atoms with Crippen LogP contribution in [0.3, 0.4) is 0 Å². The standard InChI is InChI=1S/C18H18N2O3/c1-12-2-4-13(5-3-12)7-9-17(21)19-11-14-6-8-15-16(10-14)23-18(22)20-15/h2-6,8,10H,7,9,11H2,1H3,(H,19,21)(H,20,22). The Morgan fingerprint density at radius 2 is 1.87 bits per heavy atom. The molecule has 1 amide bonds. The van der Waals surface area contributed by atoms with Crippen molar-refractivity contribution in [2.45, 2.75) is 26.3 Å². The zero-order chi connectivity index (χ0) is 16.2. The predicted molar refractivity (Wildman–Crippen MR) is 88.2 cm³/mol. The number of aryl methyl sites for hydroxylation is 2. The summed E-state index contributed by atoms with van der Waals surface area (Å²) >= 11 is 0. The predicted octanol–water partition coefficient (Wildman–Crippen LogP) is 2.68. The van der Waals surface area contributed by atoms with Gasteiger partial charge < -0.3 is 9.73 Å². The quantitative estimate of drug-likeness (QED) is 0.761. The fraction of sp³-hybridized carbons (Fsp3) is 0.222. The van der Waals surface area contributed by atoms with Crippen molar-refractivity contribution in [1.82, 2.24) is 10.3 Å². The third-order valence-electron chi connectivity index (χ3n) is 3.74. The molecule has 1 aromatic heterocycles. The van der Waals surface area contributed by atoms with E-state index in [9.17, 15) is 9.59 Å². The largest absolute Gasteiger partial charge is 0.417 e. The zero-order valence-corrected chi connectivity index (χ0v) is 12.9. The van der Waals surface area contributed by atoms with E-state index in [-0.39, 0.29) is 5.91 Å². The summed E-state index contributed by atoms with van der Waals surface area (Å²) in [5, 5.41) is 2.88. The van der Waals surface area contributed by atoms with Crippen LogP contribution in [0.5, 0.6) is 0 Å². The molecule has 0 aliphatic rings. The molecule has 0 unspecified atom stereocenters. The highest BCUT2D eigenvalue weighted by atomic mass is 16.4. The van der Waals surface area contributed by atoms with Crippen molar-refractivity contribution in [3.8, 4) is 0 Å². The molecule has 3 aromatic rings. The lowest BCUT2D eigenvalue weighted by atomic mass is 10.1. The van der Waals surface area contributed by atoms with Gasteiger partial charge in [0.25, 0.3) is 0 Å². The normalized spacial score (nSPS) is 10.8. The first-order chi connectivity index (χ1) is 11.1. The highest BCUT2D eigenvalue weighted by Gasteiger charge is 2.05. The fourth-order valence-electron chi connectivity index (χ4n) is 2.40. The minimum atomic E-state index is -0.473. The molecule has 1 heterocycles. The molecule has 118 valence electrons. The van der Waals surface area contributed by atoms with Gasteiger partial charge in [-0.15, -0.1) is 0 Å². The number of rotatable bonds is 5. The number of carbonyl (C=O) groups is 1. The topological polar surface area (TPSA) is 75.1 Å². The van der Waals surface area contributed by atoms with Crippen LogP contribution in [0.25, 0.3) is 11.1 Å². The highest BCUT2D eigenvalue weighted by Crippen LogP contribution is 2.12. The van der Waals surface area contributed by atoms with E-state index in [4.69, 9.17) is 4.42 Å². The molecule has 0 bridgehead atoms. The van der Waals surface area contributed by atoms with Gasteiger partial charge in [-0.1, -0.05) is 35.9 Å². The smallest absolute Gasteiger partial charge is 0.408 e. The Hall–Kier alpha value is -2.82. The van der Waals surface area contributed by atoms with Crippen LogP contribution < -0.4 is 11.1 Å². The summed E-state index contributed by atoms with van der Waals surface area (Å²) in [6.45, 7) is 2.46. The van der Waals surface area contributed by atoms with Gasteiger partial charge in [0, 0.05) is 13.0 Å². The third-order valence-corrected chi connectivity index (χ3v) is 3.74. The highest BCUT2D eigenvalue weighted by molar-refractivity contribution is 5.76. The van der Waals surface area contributed by atoms with Gasteiger partial charge in [-0.25, -0.2) is 4.79 Å². The number of H-pyrrole nitrogens is 1. The number of fused-ring (bicyclic) bond motifs is 1. The molecule has 5 heteroatoms. The molecule has 0 saturated carbocycles. The molecule has 0 aliphatic carbocycles. The number of carbonyl (C=O) groups excluding carboxylic acids is 1. The number of aromatic nitrogens is 1. The number of oxazole rings is 1. The Labute approximate surface area is 133 Å². The summed E-state index contributed by atoms with van der Waals surface area (Å²) in [6, 6.07) is 13.6. The maximum absolute atomic E-state index is 11.9. The second-order valence-electron chi connectivity index (χ2n) is 5.61. The SMILES string of the molecule is Cc1ccc(CCC(=O)NCc2ccc3[nH]c(=O)oc3c2)cc1. The van der Waals surface area contributed by atoms with Gasteiger partial charge in [-0.3, -0.25) is 9.78 Å². The van der Waals surface area contributed by atoms with Gasteiger partial charge in [0.05, 0.1) is 5.52 Å². The lowest BCUT2D eigenvalue weighted by molar-refractivity contribution is -0.121. The summed E-state index contributed by atoms with van der Waals surface area (Å²) < 4.78 is 5.01. The number of hydrogen-bond donors (Lipinski definition) is 2. The molecule has 2 N–H and O–H groups in total. The lowest BCUT2D eigenvalue weighted by Crippen LogP contribution is -2.22. The van der Waals surface area contributed by atoms with E-state index in [1.165, 1.54) is 5.56 Å². The monoisotopic (exact) mass is 310 g/mol. The molecule has 5 nitrogen and oxygen atoms in total. The summed E-state index contributed by atoms with van der Waals surface area (Å²) in [6.07, 6.45) is 1.17. The van der Waals surface area contributed by atoms with E-state index >= 15 is 0 Å². The molecule has 0 aliphatic heterocycles. The number of hydrogen-bond acceptors (Lipinski definition) is 3. The number of aromatic amines is 1. The Kier molecular flexibility index (Phi) is 4.28. The molecule has 0 fully saturated rings. The molecular weight excluding hydrogens is 292 g/mol. The average Bonchev–Trinajstić information content (AvgIpc) is 2.91. The second kappa shape index (κ2) is 6.52. The first-order valence-electron chi connectivity index (χ1n) is 7.54. The maximum atomic E-state index is 11.9.